The van der Waals surface area contributed by atoms with Crippen LogP contribution in [0.1, 0.15) is 0 Å². The minimum Gasteiger partial charge on any atom is -0.493 e. The summed E-state index contributed by atoms with van der Waals surface area (Å²) in [6, 6.07) is 9.43. The van der Waals surface area contributed by atoms with E-state index in [-0.39, 0.29) is 18.2 Å². The van der Waals surface area contributed by atoms with Crippen molar-refractivity contribution in [1.82, 2.24) is 4.98 Å². The molecule has 0 saturated heterocycles. The minimum atomic E-state index is -0.517. The largest absolute Gasteiger partial charge is 0.493 e. The van der Waals surface area contributed by atoms with E-state index in [0.717, 1.165) is 0 Å². The fourth-order valence-electron chi connectivity index (χ4n) is 2.61. The fraction of sp³-hybridized carbons (Fsp3) is 0.211. The SMILES string of the molecule is COCOc1cc2nccc(Oc3ccc([N+](=O)[O-])c(OC)c3)c2cc1OC. The summed E-state index contributed by atoms with van der Waals surface area (Å²) in [7, 11) is 4.41. The molecule has 0 aliphatic rings. The number of hydrogen-bond donors (Lipinski definition) is 0. The summed E-state index contributed by atoms with van der Waals surface area (Å²) in [5.41, 5.74) is 0.481. The molecule has 0 radical (unpaired) electrons. The molecule has 9 nitrogen and oxygen atoms in total. The number of fused-ring (bicyclic) bond motifs is 1. The third-order valence-corrected chi connectivity index (χ3v) is 3.89. The molecule has 3 aromatic rings. The van der Waals surface area contributed by atoms with Gasteiger partial charge in [0.05, 0.1) is 24.7 Å². The van der Waals surface area contributed by atoms with E-state index in [0.29, 0.717) is 33.9 Å². The van der Waals surface area contributed by atoms with Gasteiger partial charge in [-0.3, -0.25) is 15.1 Å². The Morgan fingerprint density at radius 3 is 2.43 bits per heavy atom. The number of benzene rings is 2. The highest BCUT2D eigenvalue weighted by molar-refractivity contribution is 5.88. The molecule has 0 aliphatic carbocycles. The summed E-state index contributed by atoms with van der Waals surface area (Å²) >= 11 is 0. The molecule has 0 N–H and O–H groups in total. The van der Waals surface area contributed by atoms with Gasteiger partial charge in [0.25, 0.3) is 0 Å². The monoisotopic (exact) mass is 386 g/mol. The Morgan fingerprint density at radius 2 is 1.75 bits per heavy atom. The second-order valence-electron chi connectivity index (χ2n) is 5.57. The molecule has 0 saturated carbocycles. The van der Waals surface area contributed by atoms with Crippen molar-refractivity contribution >= 4 is 16.6 Å². The zero-order valence-corrected chi connectivity index (χ0v) is 15.5. The molecular formula is C19H18N2O7. The summed E-state index contributed by atoms with van der Waals surface area (Å²) in [6.07, 6.45) is 1.59. The summed E-state index contributed by atoms with van der Waals surface area (Å²) < 4.78 is 26.8. The van der Waals surface area contributed by atoms with Gasteiger partial charge in [-0.25, -0.2) is 0 Å². The van der Waals surface area contributed by atoms with Gasteiger partial charge in [0.2, 0.25) is 5.75 Å². The van der Waals surface area contributed by atoms with Crippen molar-refractivity contribution in [3.05, 3.63) is 52.7 Å². The highest BCUT2D eigenvalue weighted by Gasteiger charge is 2.17. The molecule has 0 unspecified atom stereocenters. The van der Waals surface area contributed by atoms with Crippen LogP contribution in [0.2, 0.25) is 0 Å². The van der Waals surface area contributed by atoms with E-state index in [2.05, 4.69) is 4.98 Å². The summed E-state index contributed by atoms with van der Waals surface area (Å²) in [6.45, 7) is 0.0701. The van der Waals surface area contributed by atoms with E-state index in [1.165, 1.54) is 39.5 Å². The topological polar surface area (TPSA) is 102 Å². The average molecular weight is 386 g/mol. The van der Waals surface area contributed by atoms with Crippen LogP contribution < -0.4 is 18.9 Å². The lowest BCUT2D eigenvalue weighted by atomic mass is 10.2. The normalized spacial score (nSPS) is 10.5. The number of nitro groups is 1. The molecule has 9 heteroatoms. The lowest BCUT2D eigenvalue weighted by Crippen LogP contribution is -2.01. The first-order valence-corrected chi connectivity index (χ1v) is 8.16. The summed E-state index contributed by atoms with van der Waals surface area (Å²) in [4.78, 5) is 14.9. The van der Waals surface area contributed by atoms with Gasteiger partial charge in [-0.1, -0.05) is 0 Å². The van der Waals surface area contributed by atoms with Crippen molar-refractivity contribution in [1.29, 1.82) is 0 Å². The van der Waals surface area contributed by atoms with Crippen molar-refractivity contribution in [3.8, 4) is 28.7 Å². The molecule has 0 aliphatic heterocycles. The molecule has 1 aromatic heterocycles. The van der Waals surface area contributed by atoms with Gasteiger partial charge < -0.3 is 23.7 Å². The minimum absolute atomic E-state index is 0.0701. The molecule has 3 rings (SSSR count). The van der Waals surface area contributed by atoms with Crippen LogP contribution in [0.4, 0.5) is 5.69 Å². The maximum absolute atomic E-state index is 11.0. The smallest absolute Gasteiger partial charge is 0.311 e. The molecule has 1 heterocycles. The van der Waals surface area contributed by atoms with E-state index in [1.54, 1.807) is 24.4 Å². The quantitative estimate of drug-likeness (QED) is 0.326. The zero-order valence-electron chi connectivity index (χ0n) is 15.5. The van der Waals surface area contributed by atoms with Crippen LogP contribution in [0, 0.1) is 10.1 Å². The van der Waals surface area contributed by atoms with Crippen molar-refractivity contribution in [3.63, 3.8) is 0 Å². The standard InChI is InChI=1S/C19H18N2O7/c1-24-11-27-19-10-14-13(9-18(19)26-3)16(6-7-20-14)28-12-4-5-15(21(22)23)17(8-12)25-2/h4-10H,11H2,1-3H3. The number of nitrogens with zero attached hydrogens (tertiary/aromatic N) is 2. The van der Waals surface area contributed by atoms with Crippen molar-refractivity contribution in [2.75, 3.05) is 28.1 Å². The Morgan fingerprint density at radius 1 is 0.964 bits per heavy atom. The van der Waals surface area contributed by atoms with Gasteiger partial charge >= 0.3 is 5.69 Å². The Labute approximate surface area is 160 Å². The van der Waals surface area contributed by atoms with Crippen LogP contribution in [0.5, 0.6) is 28.7 Å². The maximum atomic E-state index is 11.0. The van der Waals surface area contributed by atoms with Gasteiger partial charge in [0.15, 0.2) is 18.3 Å². The second-order valence-corrected chi connectivity index (χ2v) is 5.57. The molecule has 0 bridgehead atoms. The van der Waals surface area contributed by atoms with Crippen LogP contribution >= 0.6 is 0 Å². The first-order chi connectivity index (χ1) is 13.6. The molecular weight excluding hydrogens is 368 g/mol. The number of rotatable bonds is 8. The lowest BCUT2D eigenvalue weighted by molar-refractivity contribution is -0.385. The van der Waals surface area contributed by atoms with Gasteiger partial charge in [0, 0.05) is 36.9 Å². The molecule has 0 spiro atoms. The van der Waals surface area contributed by atoms with Gasteiger partial charge in [-0.05, 0) is 18.2 Å². The van der Waals surface area contributed by atoms with E-state index >= 15 is 0 Å². The Bertz CT molecular complexity index is 1010. The van der Waals surface area contributed by atoms with E-state index in [4.69, 9.17) is 23.7 Å². The van der Waals surface area contributed by atoms with E-state index in [9.17, 15) is 10.1 Å². The highest BCUT2D eigenvalue weighted by Crippen LogP contribution is 2.38. The number of hydrogen-bond acceptors (Lipinski definition) is 8. The molecule has 28 heavy (non-hydrogen) atoms. The number of methoxy groups -OCH3 is 3. The third-order valence-electron chi connectivity index (χ3n) is 3.89. The van der Waals surface area contributed by atoms with Crippen molar-refractivity contribution in [2.45, 2.75) is 0 Å². The maximum Gasteiger partial charge on any atom is 0.311 e. The van der Waals surface area contributed by atoms with E-state index in [1.807, 2.05) is 0 Å². The summed E-state index contributed by atoms with van der Waals surface area (Å²) in [5.74, 6) is 1.96. The number of pyridine rings is 1. The molecule has 0 fully saturated rings. The predicted octanol–water partition coefficient (Wildman–Crippen LogP) is 3.94. The average Bonchev–Trinajstić information content (AvgIpc) is 2.71. The van der Waals surface area contributed by atoms with Gasteiger partial charge in [0.1, 0.15) is 11.5 Å². The predicted molar refractivity (Wildman–Crippen MR) is 101 cm³/mol. The second kappa shape index (κ2) is 8.40. The first kappa shape index (κ1) is 19.2. The van der Waals surface area contributed by atoms with Crippen molar-refractivity contribution < 1.29 is 28.6 Å². The summed E-state index contributed by atoms with van der Waals surface area (Å²) in [5, 5.41) is 11.7. The fourth-order valence-corrected chi connectivity index (χ4v) is 2.61. The van der Waals surface area contributed by atoms with Crippen molar-refractivity contribution in [2.24, 2.45) is 0 Å². The molecule has 0 atom stereocenters. The van der Waals surface area contributed by atoms with Crippen LogP contribution in [-0.2, 0) is 4.74 Å². The molecule has 2 aromatic carbocycles. The van der Waals surface area contributed by atoms with Gasteiger partial charge in [-0.15, -0.1) is 0 Å². The zero-order chi connectivity index (χ0) is 20.1. The van der Waals surface area contributed by atoms with Gasteiger partial charge in [-0.2, -0.15) is 0 Å². The molecule has 146 valence electrons. The molecule has 0 amide bonds. The number of aromatic nitrogens is 1. The number of nitro benzene ring substituents is 1. The van der Waals surface area contributed by atoms with E-state index < -0.39 is 4.92 Å². The Kier molecular flexibility index (Phi) is 5.75. The Balaban J connectivity index is 2.00. The van der Waals surface area contributed by atoms with Crippen LogP contribution in [-0.4, -0.2) is 38.0 Å². The van der Waals surface area contributed by atoms with Crippen LogP contribution in [0.25, 0.3) is 10.9 Å². The first-order valence-electron chi connectivity index (χ1n) is 8.16. The lowest BCUT2D eigenvalue weighted by Gasteiger charge is -2.13. The number of ether oxygens (including phenoxy) is 5. The van der Waals surface area contributed by atoms with Crippen LogP contribution in [0.3, 0.4) is 0 Å². The highest BCUT2D eigenvalue weighted by atomic mass is 16.7. The van der Waals surface area contributed by atoms with Crippen LogP contribution in [0.15, 0.2) is 42.6 Å². The Hall–Kier alpha value is -3.59. The third kappa shape index (κ3) is 3.89.